The molecular weight excluding hydrogens is 224 g/mol. The molecule has 0 fully saturated rings. The molecule has 0 aromatic carbocycles. The van der Waals surface area contributed by atoms with Crippen LogP contribution in [0.4, 0.5) is 0 Å². The van der Waals surface area contributed by atoms with Crippen molar-refractivity contribution in [2.24, 2.45) is 5.73 Å². The lowest BCUT2D eigenvalue weighted by Crippen LogP contribution is -2.15. The molecule has 1 aromatic heterocycles. The molecule has 0 aliphatic heterocycles. The maximum atomic E-state index is 5.56. The van der Waals surface area contributed by atoms with Crippen LogP contribution in [-0.2, 0) is 4.74 Å². The maximum absolute atomic E-state index is 5.56. The summed E-state index contributed by atoms with van der Waals surface area (Å²) in [4.78, 5) is 4.27. The van der Waals surface area contributed by atoms with Crippen LogP contribution < -0.4 is 10.5 Å². The van der Waals surface area contributed by atoms with E-state index in [1.807, 2.05) is 13.8 Å². The topological polar surface area (TPSA) is 57.4 Å². The summed E-state index contributed by atoms with van der Waals surface area (Å²) in [6.07, 6.45) is 3.43. The lowest BCUT2D eigenvalue weighted by Gasteiger charge is -2.11. The molecule has 1 heterocycles. The average Bonchev–Trinajstić information content (AvgIpc) is 2.24. The van der Waals surface area contributed by atoms with Crippen LogP contribution in [0, 0.1) is 0 Å². The van der Waals surface area contributed by atoms with Crippen LogP contribution in [0.3, 0.4) is 0 Å². The minimum Gasteiger partial charge on any atom is -0.489 e. The second kappa shape index (κ2) is 6.40. The molecule has 0 bridgehead atoms. The standard InChI is InChI=1S/C11H16N2O2S/c1-8(2)14-5-6-15-10-7-13-4-3-9(10)11(12)16/h3-4,7-8H,5-6H2,1-2H3,(H2,12,16). The van der Waals surface area contributed by atoms with Crippen LogP contribution >= 0.6 is 12.2 Å². The lowest BCUT2D eigenvalue weighted by atomic mass is 10.2. The third-order valence-corrected chi connectivity index (χ3v) is 2.06. The SMILES string of the molecule is CC(C)OCCOc1cnccc1C(N)=S. The van der Waals surface area contributed by atoms with E-state index >= 15 is 0 Å². The van der Waals surface area contributed by atoms with E-state index in [4.69, 9.17) is 27.4 Å². The molecule has 0 aliphatic carbocycles. The number of rotatable bonds is 6. The maximum Gasteiger partial charge on any atom is 0.147 e. The summed E-state index contributed by atoms with van der Waals surface area (Å²) in [6.45, 7) is 4.94. The van der Waals surface area contributed by atoms with E-state index in [9.17, 15) is 0 Å². The molecule has 4 nitrogen and oxygen atoms in total. The van der Waals surface area contributed by atoms with E-state index in [0.29, 0.717) is 29.5 Å². The molecule has 16 heavy (non-hydrogen) atoms. The van der Waals surface area contributed by atoms with Gasteiger partial charge in [0.05, 0.1) is 24.5 Å². The van der Waals surface area contributed by atoms with Crippen molar-refractivity contribution < 1.29 is 9.47 Å². The highest BCUT2D eigenvalue weighted by Gasteiger charge is 2.05. The van der Waals surface area contributed by atoms with Crippen molar-refractivity contribution in [2.75, 3.05) is 13.2 Å². The van der Waals surface area contributed by atoms with Gasteiger partial charge in [0.25, 0.3) is 0 Å². The van der Waals surface area contributed by atoms with Gasteiger partial charge in [-0.25, -0.2) is 0 Å². The molecule has 0 spiro atoms. The molecule has 0 saturated heterocycles. The van der Waals surface area contributed by atoms with Gasteiger partial charge in [-0.3, -0.25) is 4.98 Å². The zero-order valence-corrected chi connectivity index (χ0v) is 10.3. The van der Waals surface area contributed by atoms with E-state index in [0.717, 1.165) is 0 Å². The van der Waals surface area contributed by atoms with Gasteiger partial charge in [-0.2, -0.15) is 0 Å². The summed E-state index contributed by atoms with van der Waals surface area (Å²) in [5.74, 6) is 0.599. The minimum atomic E-state index is 0.201. The number of nitrogens with zero attached hydrogens (tertiary/aromatic N) is 1. The van der Waals surface area contributed by atoms with Crippen LogP contribution in [0.15, 0.2) is 18.5 Å². The quantitative estimate of drug-likeness (QED) is 0.603. The van der Waals surface area contributed by atoms with Crippen LogP contribution in [0.1, 0.15) is 19.4 Å². The summed E-state index contributed by atoms with van der Waals surface area (Å²) in [5.41, 5.74) is 6.26. The summed E-state index contributed by atoms with van der Waals surface area (Å²) in [5, 5.41) is 0. The molecule has 0 aliphatic rings. The predicted octanol–water partition coefficient (Wildman–Crippen LogP) is 1.52. The Morgan fingerprint density at radius 3 is 2.88 bits per heavy atom. The molecule has 5 heteroatoms. The average molecular weight is 240 g/mol. The second-order valence-electron chi connectivity index (χ2n) is 3.50. The van der Waals surface area contributed by atoms with E-state index in [2.05, 4.69) is 4.98 Å². The summed E-state index contributed by atoms with van der Waals surface area (Å²) < 4.78 is 10.8. The Morgan fingerprint density at radius 1 is 1.50 bits per heavy atom. The molecule has 0 amide bonds. The first kappa shape index (κ1) is 12.9. The van der Waals surface area contributed by atoms with Crippen molar-refractivity contribution in [1.29, 1.82) is 0 Å². The highest BCUT2D eigenvalue weighted by molar-refractivity contribution is 7.80. The Balaban J connectivity index is 2.50. The molecule has 0 saturated carbocycles. The van der Waals surface area contributed by atoms with Gasteiger partial charge in [-0.1, -0.05) is 12.2 Å². The third kappa shape index (κ3) is 4.12. The van der Waals surface area contributed by atoms with Crippen LogP contribution in [0.5, 0.6) is 5.75 Å². The summed E-state index contributed by atoms with van der Waals surface area (Å²) in [7, 11) is 0. The first-order valence-electron chi connectivity index (χ1n) is 5.09. The first-order chi connectivity index (χ1) is 7.61. The zero-order chi connectivity index (χ0) is 12.0. The molecule has 2 N–H and O–H groups in total. The largest absolute Gasteiger partial charge is 0.489 e. The number of aromatic nitrogens is 1. The lowest BCUT2D eigenvalue weighted by molar-refractivity contribution is 0.0551. The molecule has 0 radical (unpaired) electrons. The molecule has 0 atom stereocenters. The summed E-state index contributed by atoms with van der Waals surface area (Å²) in [6, 6.07) is 1.74. The minimum absolute atomic E-state index is 0.201. The van der Waals surface area contributed by atoms with Gasteiger partial charge in [0.15, 0.2) is 0 Å². The third-order valence-electron chi connectivity index (χ3n) is 1.84. The Morgan fingerprint density at radius 2 is 2.25 bits per heavy atom. The van der Waals surface area contributed by atoms with E-state index in [1.54, 1.807) is 18.5 Å². The number of hydrogen-bond donors (Lipinski definition) is 1. The second-order valence-corrected chi connectivity index (χ2v) is 3.94. The van der Waals surface area contributed by atoms with Crippen molar-refractivity contribution in [2.45, 2.75) is 20.0 Å². The fourth-order valence-corrected chi connectivity index (χ4v) is 1.30. The first-order valence-corrected chi connectivity index (χ1v) is 5.50. The normalized spacial score (nSPS) is 10.4. The van der Waals surface area contributed by atoms with Crippen molar-refractivity contribution >= 4 is 17.2 Å². The van der Waals surface area contributed by atoms with Gasteiger partial charge in [0, 0.05) is 6.20 Å². The van der Waals surface area contributed by atoms with Crippen LogP contribution in [0.2, 0.25) is 0 Å². The van der Waals surface area contributed by atoms with Gasteiger partial charge in [-0.05, 0) is 19.9 Å². The van der Waals surface area contributed by atoms with E-state index in [1.165, 1.54) is 0 Å². The zero-order valence-electron chi connectivity index (χ0n) is 9.47. The van der Waals surface area contributed by atoms with Gasteiger partial charge in [0.2, 0.25) is 0 Å². The van der Waals surface area contributed by atoms with Gasteiger partial charge in [-0.15, -0.1) is 0 Å². The van der Waals surface area contributed by atoms with Gasteiger partial charge in [0.1, 0.15) is 17.3 Å². The molecular formula is C11H16N2O2S. The number of nitrogens with two attached hydrogens (primary N) is 1. The predicted molar refractivity (Wildman–Crippen MR) is 66.7 cm³/mol. The molecule has 0 unspecified atom stereocenters. The molecule has 1 rings (SSSR count). The van der Waals surface area contributed by atoms with E-state index < -0.39 is 0 Å². The van der Waals surface area contributed by atoms with E-state index in [-0.39, 0.29) is 6.10 Å². The van der Waals surface area contributed by atoms with Crippen LogP contribution in [0.25, 0.3) is 0 Å². The van der Waals surface area contributed by atoms with Gasteiger partial charge >= 0.3 is 0 Å². The molecule has 88 valence electrons. The van der Waals surface area contributed by atoms with Gasteiger partial charge < -0.3 is 15.2 Å². The summed E-state index contributed by atoms with van der Waals surface area (Å²) >= 11 is 4.91. The fraction of sp³-hybridized carbons (Fsp3) is 0.455. The Kier molecular flexibility index (Phi) is 5.14. The number of hydrogen-bond acceptors (Lipinski definition) is 4. The van der Waals surface area contributed by atoms with Crippen molar-refractivity contribution in [3.05, 3.63) is 24.0 Å². The fourth-order valence-electron chi connectivity index (χ4n) is 1.13. The number of pyridine rings is 1. The monoisotopic (exact) mass is 240 g/mol. The van der Waals surface area contributed by atoms with Crippen LogP contribution in [-0.4, -0.2) is 29.3 Å². The highest BCUT2D eigenvalue weighted by Crippen LogP contribution is 2.15. The van der Waals surface area contributed by atoms with Crippen molar-refractivity contribution in [3.63, 3.8) is 0 Å². The number of ether oxygens (including phenoxy) is 2. The number of thiocarbonyl (C=S) groups is 1. The smallest absolute Gasteiger partial charge is 0.147 e. The highest BCUT2D eigenvalue weighted by atomic mass is 32.1. The Hall–Kier alpha value is -1.20. The Labute approximate surface area is 101 Å². The van der Waals surface area contributed by atoms with Crippen molar-refractivity contribution in [3.8, 4) is 5.75 Å². The molecule has 1 aromatic rings. The van der Waals surface area contributed by atoms with Crippen molar-refractivity contribution in [1.82, 2.24) is 4.98 Å². The Bertz CT molecular complexity index is 356.